The number of phenols is 2. The molecule has 0 heterocycles. The van der Waals surface area contributed by atoms with Crippen molar-refractivity contribution in [3.63, 3.8) is 0 Å². The third-order valence-corrected chi connectivity index (χ3v) is 7.09. The highest BCUT2D eigenvalue weighted by molar-refractivity contribution is 7.91. The average molecular weight is 683 g/mol. The van der Waals surface area contributed by atoms with E-state index in [-0.39, 0.29) is 44.3 Å². The number of phenolic OH excluding ortho intramolecular Hbond substituents is 2. The molecule has 2 N–H and O–H groups in total. The molecule has 0 aliphatic carbocycles. The minimum Gasteiger partial charge on any atom is -0.502 e. The zero-order chi connectivity index (χ0) is 36.9. The third-order valence-electron chi connectivity index (χ3n) is 5.33. The minimum atomic E-state index is -4.68. The summed E-state index contributed by atoms with van der Waals surface area (Å²) in [5.41, 5.74) is -5.28. The van der Waals surface area contributed by atoms with Crippen LogP contribution >= 0.6 is 0 Å². The van der Waals surface area contributed by atoms with Crippen LogP contribution in [0.15, 0.2) is 21.9 Å². The van der Waals surface area contributed by atoms with Crippen LogP contribution in [0.4, 0.5) is 0 Å². The Morgan fingerprint density at radius 1 is 0.404 bits per heavy atom. The van der Waals surface area contributed by atoms with Crippen molar-refractivity contribution in [2.75, 3.05) is 0 Å². The van der Waals surface area contributed by atoms with E-state index in [2.05, 4.69) is 0 Å². The molecule has 2 aromatic rings. The summed E-state index contributed by atoms with van der Waals surface area (Å²) in [4.78, 5) is -0.729. The lowest BCUT2D eigenvalue weighted by atomic mass is 10.1. The summed E-state index contributed by atoms with van der Waals surface area (Å²) in [6, 6.07) is 2.43. The van der Waals surface area contributed by atoms with Crippen LogP contribution in [-0.4, -0.2) is 52.2 Å². The fourth-order valence-electron chi connectivity index (χ4n) is 4.11. The second kappa shape index (κ2) is 12.7. The number of hydrogen-bond acceptors (Lipinski definition) is 10. The molecule has 10 nitrogen and oxygen atoms in total. The first-order valence-electron chi connectivity index (χ1n) is 15.8. The van der Waals surface area contributed by atoms with E-state index in [1.807, 2.05) is 0 Å². The quantitative estimate of drug-likeness (QED) is 0.278. The highest BCUT2D eigenvalue weighted by Gasteiger charge is 2.40. The molecule has 0 bridgehead atoms. The van der Waals surface area contributed by atoms with Crippen LogP contribution < -0.4 is 28.4 Å². The Morgan fingerprint density at radius 2 is 0.617 bits per heavy atom. The number of rotatable bonds is 8. The molecule has 0 fully saturated rings. The van der Waals surface area contributed by atoms with Crippen LogP contribution in [0.5, 0.6) is 46.0 Å². The van der Waals surface area contributed by atoms with Gasteiger partial charge in [0.25, 0.3) is 0 Å². The number of hydrogen-bond donors (Lipinski definition) is 2. The second-order valence-electron chi connectivity index (χ2n) is 17.5. The third kappa shape index (κ3) is 11.5. The van der Waals surface area contributed by atoms with Crippen LogP contribution in [0.2, 0.25) is 0 Å². The summed E-state index contributed by atoms with van der Waals surface area (Å²) in [6.45, 7) is 31.7. The van der Waals surface area contributed by atoms with E-state index in [4.69, 9.17) is 28.4 Å². The minimum absolute atomic E-state index is 0.133. The van der Waals surface area contributed by atoms with E-state index < -0.39 is 54.9 Å². The summed E-state index contributed by atoms with van der Waals surface area (Å²) in [6.07, 6.45) is 0. The molecule has 0 aliphatic heterocycles. The Hall–Kier alpha value is -3.21. The van der Waals surface area contributed by atoms with E-state index in [9.17, 15) is 10.2 Å². The predicted molar refractivity (Wildman–Crippen MR) is 184 cm³/mol. The van der Waals surface area contributed by atoms with Crippen LogP contribution in [0, 0.1) is 0 Å². The summed E-state index contributed by atoms with van der Waals surface area (Å²) in [7, 11) is -4.68. The molecule has 0 aliphatic rings. The molecule has 0 unspecified atom stereocenters. The van der Waals surface area contributed by atoms with Crippen molar-refractivity contribution in [2.45, 2.75) is 168 Å². The van der Waals surface area contributed by atoms with E-state index in [0.717, 1.165) is 0 Å². The Balaban J connectivity index is 3.32. The van der Waals surface area contributed by atoms with Crippen molar-refractivity contribution < 1.29 is 47.1 Å². The van der Waals surface area contributed by atoms with Crippen molar-refractivity contribution in [3.05, 3.63) is 12.1 Å². The monoisotopic (exact) mass is 682 g/mol. The summed E-state index contributed by atoms with van der Waals surface area (Å²) in [5, 5.41) is 23.0. The second-order valence-corrected chi connectivity index (χ2v) is 19.4. The Bertz CT molecular complexity index is 1440. The van der Waals surface area contributed by atoms with Gasteiger partial charge in [0, 0.05) is 12.1 Å². The first-order valence-corrected chi connectivity index (χ1v) is 17.3. The Kier molecular flexibility index (Phi) is 10.8. The molecule has 47 heavy (non-hydrogen) atoms. The molecule has 0 radical (unpaired) electrons. The lowest BCUT2D eigenvalue weighted by Crippen LogP contribution is -2.29. The van der Waals surface area contributed by atoms with Crippen molar-refractivity contribution in [3.8, 4) is 46.0 Å². The van der Waals surface area contributed by atoms with Gasteiger partial charge in [0.05, 0.1) is 0 Å². The molecule has 0 saturated heterocycles. The van der Waals surface area contributed by atoms with Crippen molar-refractivity contribution >= 4 is 9.84 Å². The van der Waals surface area contributed by atoms with Gasteiger partial charge in [-0.1, -0.05) is 0 Å². The van der Waals surface area contributed by atoms with Crippen molar-refractivity contribution in [1.82, 2.24) is 0 Å². The van der Waals surface area contributed by atoms with Crippen molar-refractivity contribution in [2.24, 2.45) is 0 Å². The maximum atomic E-state index is 15.2. The summed E-state index contributed by atoms with van der Waals surface area (Å²) in [5.74, 6) is -1.96. The number of benzene rings is 2. The number of aromatic hydroxyl groups is 2. The van der Waals surface area contributed by atoms with E-state index in [1.165, 1.54) is 12.1 Å². The van der Waals surface area contributed by atoms with Crippen LogP contribution in [0.3, 0.4) is 0 Å². The van der Waals surface area contributed by atoms with Gasteiger partial charge in [0.2, 0.25) is 32.8 Å². The molecular formula is C36H58O10S. The maximum absolute atomic E-state index is 15.2. The highest BCUT2D eigenvalue weighted by Crippen LogP contribution is 2.56. The molecule has 11 heteroatoms. The van der Waals surface area contributed by atoms with Gasteiger partial charge in [0.15, 0.2) is 23.0 Å². The van der Waals surface area contributed by atoms with Gasteiger partial charge in [-0.3, -0.25) is 0 Å². The molecule has 0 saturated carbocycles. The van der Waals surface area contributed by atoms with Crippen LogP contribution in [-0.2, 0) is 9.84 Å². The zero-order valence-electron chi connectivity index (χ0n) is 31.7. The van der Waals surface area contributed by atoms with Gasteiger partial charge in [-0.25, -0.2) is 8.42 Å². The lowest BCUT2D eigenvalue weighted by molar-refractivity contribution is 0.0833. The fourth-order valence-corrected chi connectivity index (χ4v) is 5.63. The lowest BCUT2D eigenvalue weighted by Gasteiger charge is -2.32. The van der Waals surface area contributed by atoms with Gasteiger partial charge < -0.3 is 38.6 Å². The average Bonchev–Trinajstić information content (AvgIpc) is 2.77. The van der Waals surface area contributed by atoms with Gasteiger partial charge in [-0.05, 0) is 125 Å². The molecule has 0 amide bonds. The summed E-state index contributed by atoms with van der Waals surface area (Å²) < 4.78 is 67.6. The van der Waals surface area contributed by atoms with Gasteiger partial charge in [-0.15, -0.1) is 0 Å². The topological polar surface area (TPSA) is 130 Å². The molecular weight excluding hydrogens is 624 g/mol. The van der Waals surface area contributed by atoms with Gasteiger partial charge >= 0.3 is 0 Å². The van der Waals surface area contributed by atoms with E-state index >= 15 is 8.42 Å². The number of ether oxygens (including phenoxy) is 6. The first kappa shape index (κ1) is 40.0. The normalized spacial score (nSPS) is 13.7. The number of sulfone groups is 1. The van der Waals surface area contributed by atoms with Crippen LogP contribution in [0.25, 0.3) is 0 Å². The fraction of sp³-hybridized carbons (Fsp3) is 0.667. The molecule has 0 spiro atoms. The largest absolute Gasteiger partial charge is 0.502 e. The molecule has 2 aromatic carbocycles. The molecule has 2 rings (SSSR count). The molecule has 0 atom stereocenters. The standard InChI is InChI=1S/C36H58O10S/c1-31(2,3)41-21-19-23(27(43-33(7,8)9)29(25(21)37)45-35(13,14)15)47(39,40)24-20-22(42-32(4,5)6)26(38)30(46-36(16,17)18)28(24)44-34(10,11)12/h19-20,37-38H,1-18H3. The Labute approximate surface area is 282 Å². The van der Waals surface area contributed by atoms with Crippen LogP contribution in [0.1, 0.15) is 125 Å². The first-order chi connectivity index (χ1) is 20.6. The zero-order valence-corrected chi connectivity index (χ0v) is 32.5. The maximum Gasteiger partial charge on any atom is 0.214 e. The highest BCUT2D eigenvalue weighted by atomic mass is 32.2. The van der Waals surface area contributed by atoms with Crippen molar-refractivity contribution in [1.29, 1.82) is 0 Å². The van der Waals surface area contributed by atoms with Gasteiger partial charge in [0.1, 0.15) is 43.4 Å². The molecule has 268 valence electrons. The van der Waals surface area contributed by atoms with E-state index in [0.29, 0.717) is 0 Å². The smallest absolute Gasteiger partial charge is 0.214 e. The SMILES string of the molecule is CC(C)(C)Oc1cc(S(=O)(=O)c2cc(OC(C)(C)C)c(O)c(OC(C)(C)C)c2OC(C)(C)C)c(OC(C)(C)C)c(OC(C)(C)C)c1O. The predicted octanol–water partition coefficient (Wildman–Crippen LogP) is 8.99. The Morgan fingerprint density at radius 3 is 0.830 bits per heavy atom. The van der Waals surface area contributed by atoms with Gasteiger partial charge in [-0.2, -0.15) is 0 Å². The molecule has 0 aromatic heterocycles. The summed E-state index contributed by atoms with van der Waals surface area (Å²) >= 11 is 0. The van der Waals surface area contributed by atoms with E-state index in [1.54, 1.807) is 125 Å².